The van der Waals surface area contributed by atoms with Crippen LogP contribution in [0.15, 0.2) is 29.8 Å². The molecule has 3 N–H and O–H groups in total. The highest BCUT2D eigenvalue weighted by Crippen LogP contribution is 2.27. The Balaban J connectivity index is 2.44. The Morgan fingerprint density at radius 1 is 1.44 bits per heavy atom. The van der Waals surface area contributed by atoms with Crippen molar-refractivity contribution in [3.8, 4) is 0 Å². The van der Waals surface area contributed by atoms with E-state index in [-0.39, 0.29) is 5.84 Å². The fraction of sp³-hybridized carbons (Fsp3) is 0.100. The van der Waals surface area contributed by atoms with Crippen LogP contribution in [-0.2, 0) is 0 Å². The van der Waals surface area contributed by atoms with E-state index in [0.717, 1.165) is 10.8 Å². The van der Waals surface area contributed by atoms with E-state index < -0.39 is 0 Å². The summed E-state index contributed by atoms with van der Waals surface area (Å²) in [5.74, 6) is 0.0481. The van der Waals surface area contributed by atoms with Crippen molar-refractivity contribution in [2.75, 3.05) is 11.9 Å². The van der Waals surface area contributed by atoms with Crippen LogP contribution >= 0.6 is 11.3 Å². The van der Waals surface area contributed by atoms with Gasteiger partial charge in [-0.15, -0.1) is 10.2 Å². The molecule has 82 valence electrons. The topological polar surface area (TPSA) is 78.9 Å². The molecular weight excluding hydrogens is 222 g/mol. The van der Waals surface area contributed by atoms with Crippen molar-refractivity contribution in [3.63, 3.8) is 0 Å². The van der Waals surface area contributed by atoms with Crippen LogP contribution in [0.4, 0.5) is 10.8 Å². The molecular formula is C10H11N5S. The summed E-state index contributed by atoms with van der Waals surface area (Å²) in [4.78, 5) is 1.87. The number of aromatic nitrogens is 2. The second-order valence-corrected chi connectivity index (χ2v) is 4.02. The van der Waals surface area contributed by atoms with Gasteiger partial charge in [0.1, 0.15) is 11.3 Å². The third-order valence-corrected chi connectivity index (χ3v) is 2.96. The van der Waals surface area contributed by atoms with Crippen LogP contribution in [-0.4, -0.2) is 23.1 Å². The molecule has 0 spiro atoms. The molecule has 0 aliphatic carbocycles. The van der Waals surface area contributed by atoms with Crippen LogP contribution in [0, 0.1) is 5.41 Å². The van der Waals surface area contributed by atoms with Gasteiger partial charge in [0.2, 0.25) is 5.13 Å². The molecule has 0 fully saturated rings. The lowest BCUT2D eigenvalue weighted by Gasteiger charge is -2.18. The largest absolute Gasteiger partial charge is 0.384 e. The number of para-hydroxylation sites is 1. The van der Waals surface area contributed by atoms with Gasteiger partial charge in [0, 0.05) is 12.6 Å². The van der Waals surface area contributed by atoms with Crippen LogP contribution in [0.5, 0.6) is 0 Å². The molecule has 0 radical (unpaired) electrons. The zero-order valence-corrected chi connectivity index (χ0v) is 9.53. The highest BCUT2D eigenvalue weighted by atomic mass is 32.1. The second kappa shape index (κ2) is 4.28. The van der Waals surface area contributed by atoms with Crippen LogP contribution in [0.3, 0.4) is 0 Å². The first-order chi connectivity index (χ1) is 7.70. The van der Waals surface area contributed by atoms with Crippen molar-refractivity contribution in [2.24, 2.45) is 5.73 Å². The van der Waals surface area contributed by atoms with E-state index >= 15 is 0 Å². The van der Waals surface area contributed by atoms with Gasteiger partial charge in [-0.25, -0.2) is 0 Å². The van der Waals surface area contributed by atoms with Gasteiger partial charge in [-0.05, 0) is 12.1 Å². The number of anilines is 2. The first-order valence-corrected chi connectivity index (χ1v) is 5.51. The highest BCUT2D eigenvalue weighted by Gasteiger charge is 2.12. The first kappa shape index (κ1) is 10.6. The van der Waals surface area contributed by atoms with Crippen LogP contribution in [0.25, 0.3) is 0 Å². The summed E-state index contributed by atoms with van der Waals surface area (Å²) in [7, 11) is 1.88. The van der Waals surface area contributed by atoms with E-state index in [4.69, 9.17) is 11.1 Å². The molecule has 2 rings (SSSR count). The number of nitrogens with one attached hydrogen (secondary N) is 1. The Morgan fingerprint density at radius 3 is 2.81 bits per heavy atom. The molecule has 2 aromatic rings. The minimum atomic E-state index is 0.0481. The van der Waals surface area contributed by atoms with Gasteiger partial charge >= 0.3 is 0 Å². The zero-order chi connectivity index (χ0) is 11.5. The predicted molar refractivity (Wildman–Crippen MR) is 65.4 cm³/mol. The van der Waals surface area contributed by atoms with Gasteiger partial charge in [-0.1, -0.05) is 23.5 Å². The summed E-state index contributed by atoms with van der Waals surface area (Å²) in [5.41, 5.74) is 8.75. The van der Waals surface area contributed by atoms with Gasteiger partial charge in [-0.3, -0.25) is 5.41 Å². The Labute approximate surface area is 97.1 Å². The molecule has 1 aromatic heterocycles. The van der Waals surface area contributed by atoms with Crippen molar-refractivity contribution < 1.29 is 0 Å². The summed E-state index contributed by atoms with van der Waals surface area (Å²) in [6, 6.07) is 7.47. The highest BCUT2D eigenvalue weighted by molar-refractivity contribution is 7.13. The smallest absolute Gasteiger partial charge is 0.212 e. The van der Waals surface area contributed by atoms with Gasteiger partial charge < -0.3 is 10.6 Å². The van der Waals surface area contributed by atoms with Crippen molar-refractivity contribution in [1.82, 2.24) is 10.2 Å². The van der Waals surface area contributed by atoms with Crippen molar-refractivity contribution in [2.45, 2.75) is 0 Å². The standard InChI is InChI=1S/C10H11N5S/c1-15(10-14-13-6-16-10)8-5-3-2-4-7(8)9(11)12/h2-6H,1H3,(H3,11,12). The molecule has 6 heteroatoms. The monoisotopic (exact) mass is 233 g/mol. The molecule has 0 aliphatic rings. The fourth-order valence-corrected chi connectivity index (χ4v) is 1.95. The van der Waals surface area contributed by atoms with Crippen LogP contribution in [0.1, 0.15) is 5.56 Å². The Hall–Kier alpha value is -1.95. The summed E-state index contributed by atoms with van der Waals surface area (Å²) >= 11 is 1.44. The molecule has 1 heterocycles. The molecule has 0 atom stereocenters. The minimum absolute atomic E-state index is 0.0481. The average Bonchev–Trinajstić information content (AvgIpc) is 2.81. The van der Waals surface area contributed by atoms with Gasteiger partial charge in [0.15, 0.2) is 0 Å². The number of benzene rings is 1. The van der Waals surface area contributed by atoms with E-state index in [1.165, 1.54) is 11.3 Å². The van der Waals surface area contributed by atoms with Crippen molar-refractivity contribution in [1.29, 1.82) is 5.41 Å². The number of amidine groups is 1. The SMILES string of the molecule is CN(c1nncs1)c1ccccc1C(=N)N. The third-order valence-electron chi connectivity index (χ3n) is 2.19. The van der Waals surface area contributed by atoms with Crippen LogP contribution in [0.2, 0.25) is 0 Å². The Kier molecular flexibility index (Phi) is 2.82. The molecule has 5 nitrogen and oxygen atoms in total. The maximum Gasteiger partial charge on any atom is 0.212 e. The van der Waals surface area contributed by atoms with E-state index in [0.29, 0.717) is 5.56 Å². The van der Waals surface area contributed by atoms with E-state index in [1.54, 1.807) is 5.51 Å². The van der Waals surface area contributed by atoms with Crippen molar-refractivity contribution in [3.05, 3.63) is 35.3 Å². The summed E-state index contributed by atoms with van der Waals surface area (Å²) in [6.45, 7) is 0. The molecule has 0 aliphatic heterocycles. The normalized spacial score (nSPS) is 10.1. The maximum atomic E-state index is 7.51. The quantitative estimate of drug-likeness (QED) is 0.623. The molecule has 0 unspecified atom stereocenters. The number of nitrogens with zero attached hydrogens (tertiary/aromatic N) is 3. The lowest BCUT2D eigenvalue weighted by Crippen LogP contribution is -2.18. The van der Waals surface area contributed by atoms with Crippen LogP contribution < -0.4 is 10.6 Å². The van der Waals surface area contributed by atoms with Gasteiger partial charge in [0.05, 0.1) is 5.69 Å². The van der Waals surface area contributed by atoms with E-state index in [2.05, 4.69) is 10.2 Å². The zero-order valence-electron chi connectivity index (χ0n) is 8.71. The Morgan fingerprint density at radius 2 is 2.19 bits per heavy atom. The molecule has 0 amide bonds. The van der Waals surface area contributed by atoms with Crippen molar-refractivity contribution >= 4 is 28.0 Å². The van der Waals surface area contributed by atoms with E-state index in [1.807, 2.05) is 36.2 Å². The maximum absolute atomic E-state index is 7.51. The number of nitrogen functional groups attached to an aromatic ring is 1. The molecule has 0 saturated heterocycles. The minimum Gasteiger partial charge on any atom is -0.384 e. The fourth-order valence-electron chi connectivity index (χ4n) is 1.41. The molecule has 0 bridgehead atoms. The number of hydrogen-bond acceptors (Lipinski definition) is 5. The lowest BCUT2D eigenvalue weighted by molar-refractivity contribution is 1.04. The number of nitrogens with two attached hydrogens (primary N) is 1. The van der Waals surface area contributed by atoms with Gasteiger partial charge in [0.25, 0.3) is 0 Å². The summed E-state index contributed by atoms with van der Waals surface area (Å²) < 4.78 is 0. The average molecular weight is 233 g/mol. The lowest BCUT2D eigenvalue weighted by atomic mass is 10.1. The second-order valence-electron chi connectivity index (χ2n) is 3.21. The van der Waals surface area contributed by atoms with Gasteiger partial charge in [-0.2, -0.15) is 0 Å². The molecule has 1 aromatic carbocycles. The Bertz CT molecular complexity index is 494. The molecule has 0 saturated carbocycles. The first-order valence-electron chi connectivity index (χ1n) is 4.63. The van der Waals surface area contributed by atoms with E-state index in [9.17, 15) is 0 Å². The summed E-state index contributed by atoms with van der Waals surface area (Å²) in [5, 5.41) is 16.0. The summed E-state index contributed by atoms with van der Waals surface area (Å²) in [6.07, 6.45) is 0. The predicted octanol–water partition coefficient (Wildman–Crippen LogP) is 1.59. The third kappa shape index (κ3) is 1.87. The number of hydrogen-bond donors (Lipinski definition) is 2. The number of rotatable bonds is 3. The molecule has 16 heavy (non-hydrogen) atoms.